The zero-order chi connectivity index (χ0) is 20.1. The Labute approximate surface area is 169 Å². The second-order valence-electron chi connectivity index (χ2n) is 6.44. The standard InChI is InChI=1S/C19H21ClN4O3S/c1-14(22-23-19(25)16-3-2-4-17(20)13-16)15-5-7-18(8-6-15)28(26,27)24-11-9-21-10-12-24/h2-8,13,21H,9-12H2,1H3,(H,23,25)/p+1/b22-14-. The number of nitrogens with two attached hydrogens (primary N) is 1. The molecule has 1 heterocycles. The van der Waals surface area contributed by atoms with Gasteiger partial charge in [0.1, 0.15) is 0 Å². The molecule has 0 aromatic heterocycles. The lowest BCUT2D eigenvalue weighted by Crippen LogP contribution is -2.89. The van der Waals surface area contributed by atoms with Gasteiger partial charge < -0.3 is 5.32 Å². The van der Waals surface area contributed by atoms with Crippen LogP contribution in [0.2, 0.25) is 5.02 Å². The maximum atomic E-state index is 12.7. The van der Waals surface area contributed by atoms with Crippen molar-refractivity contribution in [2.75, 3.05) is 26.2 Å². The summed E-state index contributed by atoms with van der Waals surface area (Å²) in [5.74, 6) is -0.372. The van der Waals surface area contributed by atoms with Crippen LogP contribution in [0.25, 0.3) is 0 Å². The summed E-state index contributed by atoms with van der Waals surface area (Å²) in [5.41, 5.74) is 4.17. The molecule has 1 amide bonds. The molecule has 1 saturated heterocycles. The molecule has 0 unspecified atom stereocenters. The van der Waals surface area contributed by atoms with Gasteiger partial charge in [0, 0.05) is 10.6 Å². The number of hydrogen-bond donors (Lipinski definition) is 2. The molecule has 1 aliphatic rings. The van der Waals surface area contributed by atoms with E-state index >= 15 is 0 Å². The van der Waals surface area contributed by atoms with Gasteiger partial charge in [0.25, 0.3) is 5.91 Å². The Bertz CT molecular complexity index is 984. The number of nitrogens with zero attached hydrogens (tertiary/aromatic N) is 2. The van der Waals surface area contributed by atoms with Crippen molar-refractivity contribution < 1.29 is 18.5 Å². The molecule has 7 nitrogen and oxygen atoms in total. The Morgan fingerprint density at radius 2 is 1.79 bits per heavy atom. The summed E-state index contributed by atoms with van der Waals surface area (Å²) >= 11 is 5.89. The average Bonchev–Trinajstić information content (AvgIpc) is 2.72. The molecule has 2 aromatic rings. The number of carbonyl (C=O) groups is 1. The number of piperazine rings is 1. The van der Waals surface area contributed by atoms with E-state index in [2.05, 4.69) is 15.8 Å². The van der Waals surface area contributed by atoms with Crippen LogP contribution in [0.3, 0.4) is 0 Å². The highest BCUT2D eigenvalue weighted by Gasteiger charge is 2.27. The minimum Gasteiger partial charge on any atom is -0.344 e. The summed E-state index contributed by atoms with van der Waals surface area (Å²) in [5, 5.41) is 6.67. The van der Waals surface area contributed by atoms with E-state index < -0.39 is 10.0 Å². The van der Waals surface area contributed by atoms with Gasteiger partial charge in [-0.2, -0.15) is 9.41 Å². The first kappa shape index (κ1) is 20.5. The van der Waals surface area contributed by atoms with Crippen LogP contribution in [-0.2, 0) is 10.0 Å². The van der Waals surface area contributed by atoms with Crippen molar-refractivity contribution in [1.82, 2.24) is 9.73 Å². The van der Waals surface area contributed by atoms with Crippen LogP contribution < -0.4 is 10.7 Å². The van der Waals surface area contributed by atoms with Crippen LogP contribution in [0, 0.1) is 0 Å². The van der Waals surface area contributed by atoms with Crippen LogP contribution in [0.15, 0.2) is 58.5 Å². The molecule has 0 spiro atoms. The Morgan fingerprint density at radius 3 is 2.43 bits per heavy atom. The van der Waals surface area contributed by atoms with Crippen LogP contribution in [0.1, 0.15) is 22.8 Å². The van der Waals surface area contributed by atoms with Crippen LogP contribution in [-0.4, -0.2) is 50.5 Å². The van der Waals surface area contributed by atoms with Crippen molar-refractivity contribution >= 4 is 33.2 Å². The molecule has 1 fully saturated rings. The number of nitrogens with one attached hydrogen (secondary N) is 1. The predicted molar refractivity (Wildman–Crippen MR) is 108 cm³/mol. The first-order chi connectivity index (χ1) is 13.4. The fraction of sp³-hybridized carbons (Fsp3) is 0.263. The number of hydrazone groups is 1. The molecule has 148 valence electrons. The number of halogens is 1. The minimum atomic E-state index is -3.48. The van der Waals surface area contributed by atoms with E-state index in [0.29, 0.717) is 29.4 Å². The van der Waals surface area contributed by atoms with Gasteiger partial charge in [-0.15, -0.1) is 0 Å². The zero-order valence-corrected chi connectivity index (χ0v) is 17.0. The number of sulfonamides is 1. The zero-order valence-electron chi connectivity index (χ0n) is 15.4. The van der Waals surface area contributed by atoms with Crippen molar-refractivity contribution in [3.05, 3.63) is 64.7 Å². The smallest absolute Gasteiger partial charge is 0.271 e. The van der Waals surface area contributed by atoms with Crippen molar-refractivity contribution in [3.63, 3.8) is 0 Å². The SMILES string of the molecule is C/C(=N/NC(=O)c1cccc(Cl)c1)c1ccc(S(=O)(=O)N2CC[NH2+]CC2)cc1. The van der Waals surface area contributed by atoms with Gasteiger partial charge in [-0.3, -0.25) is 4.79 Å². The van der Waals surface area contributed by atoms with Gasteiger partial charge in [-0.05, 0) is 42.8 Å². The summed E-state index contributed by atoms with van der Waals surface area (Å²) in [7, 11) is -3.48. The monoisotopic (exact) mass is 421 g/mol. The molecular weight excluding hydrogens is 400 g/mol. The van der Waals surface area contributed by atoms with Crippen molar-refractivity contribution in [2.24, 2.45) is 5.10 Å². The van der Waals surface area contributed by atoms with E-state index in [0.717, 1.165) is 18.7 Å². The highest BCUT2D eigenvalue weighted by molar-refractivity contribution is 7.89. The summed E-state index contributed by atoms with van der Waals surface area (Å²) in [6, 6.07) is 13.1. The highest BCUT2D eigenvalue weighted by Crippen LogP contribution is 2.17. The van der Waals surface area contributed by atoms with Gasteiger partial charge in [0.15, 0.2) is 0 Å². The van der Waals surface area contributed by atoms with E-state index in [1.165, 1.54) is 4.31 Å². The van der Waals surface area contributed by atoms with Crippen LogP contribution in [0.4, 0.5) is 0 Å². The van der Waals surface area contributed by atoms with E-state index in [1.807, 2.05) is 0 Å². The lowest BCUT2D eigenvalue weighted by atomic mass is 10.1. The van der Waals surface area contributed by atoms with Gasteiger partial charge in [0.2, 0.25) is 10.0 Å². The molecule has 3 rings (SSSR count). The van der Waals surface area contributed by atoms with E-state index in [4.69, 9.17) is 11.6 Å². The van der Waals surface area contributed by atoms with Gasteiger partial charge >= 0.3 is 0 Å². The Balaban J connectivity index is 1.70. The molecular formula is C19H22ClN4O3S+. The van der Waals surface area contributed by atoms with Gasteiger partial charge in [0.05, 0.1) is 36.8 Å². The molecule has 2 aromatic carbocycles. The molecule has 0 saturated carbocycles. The molecule has 28 heavy (non-hydrogen) atoms. The highest BCUT2D eigenvalue weighted by atomic mass is 35.5. The minimum absolute atomic E-state index is 0.258. The average molecular weight is 422 g/mol. The number of quaternary nitrogens is 1. The Kier molecular flexibility index (Phi) is 6.46. The molecule has 0 aliphatic carbocycles. The quantitative estimate of drug-likeness (QED) is 0.558. The maximum Gasteiger partial charge on any atom is 0.271 e. The number of hydrogen-bond acceptors (Lipinski definition) is 4. The first-order valence-corrected chi connectivity index (χ1v) is 10.7. The number of benzene rings is 2. The third kappa shape index (κ3) is 4.77. The van der Waals surface area contributed by atoms with E-state index in [1.54, 1.807) is 55.5 Å². The summed E-state index contributed by atoms with van der Waals surface area (Å²) in [6.07, 6.45) is 0. The molecule has 9 heteroatoms. The lowest BCUT2D eigenvalue weighted by molar-refractivity contribution is -0.661. The van der Waals surface area contributed by atoms with Crippen molar-refractivity contribution in [3.8, 4) is 0 Å². The first-order valence-electron chi connectivity index (χ1n) is 8.90. The van der Waals surface area contributed by atoms with Crippen molar-refractivity contribution in [1.29, 1.82) is 0 Å². The Morgan fingerprint density at radius 1 is 1.11 bits per heavy atom. The van der Waals surface area contributed by atoms with Gasteiger partial charge in [-0.25, -0.2) is 13.8 Å². The number of rotatable bonds is 5. The van der Waals surface area contributed by atoms with E-state index in [9.17, 15) is 13.2 Å². The Hall–Kier alpha value is -2.26. The molecule has 0 bridgehead atoms. The fourth-order valence-electron chi connectivity index (χ4n) is 2.88. The fourth-order valence-corrected chi connectivity index (χ4v) is 4.54. The largest absolute Gasteiger partial charge is 0.344 e. The van der Waals surface area contributed by atoms with Gasteiger partial charge in [-0.1, -0.05) is 29.8 Å². The second-order valence-corrected chi connectivity index (χ2v) is 8.82. The molecule has 1 aliphatic heterocycles. The number of amides is 1. The third-order valence-corrected chi connectivity index (χ3v) is 6.64. The predicted octanol–water partition coefficient (Wildman–Crippen LogP) is 1.06. The topological polar surface area (TPSA) is 95.4 Å². The normalized spacial score (nSPS) is 16.0. The summed E-state index contributed by atoms with van der Waals surface area (Å²) in [6.45, 7) is 4.31. The molecule has 3 N–H and O–H groups in total. The van der Waals surface area contributed by atoms with Crippen molar-refractivity contribution in [2.45, 2.75) is 11.8 Å². The van der Waals surface area contributed by atoms with Crippen LogP contribution in [0.5, 0.6) is 0 Å². The van der Waals surface area contributed by atoms with Crippen LogP contribution >= 0.6 is 11.6 Å². The summed E-state index contributed by atoms with van der Waals surface area (Å²) in [4.78, 5) is 12.4. The lowest BCUT2D eigenvalue weighted by Gasteiger charge is -2.24. The third-order valence-electron chi connectivity index (χ3n) is 4.49. The molecule has 0 atom stereocenters. The van der Waals surface area contributed by atoms with E-state index in [-0.39, 0.29) is 10.8 Å². The summed E-state index contributed by atoms with van der Waals surface area (Å²) < 4.78 is 26.9. The molecule has 0 radical (unpaired) electrons. The number of carbonyl (C=O) groups excluding carboxylic acids is 1. The second kappa shape index (κ2) is 8.83. The maximum absolute atomic E-state index is 12.7.